The number of nitrogens with one attached hydrogen (secondary N) is 3. The van der Waals surface area contributed by atoms with Crippen molar-refractivity contribution in [3.8, 4) is 11.4 Å². The Morgan fingerprint density at radius 2 is 1.96 bits per heavy atom. The highest BCUT2D eigenvalue weighted by Crippen LogP contribution is 2.17. The highest BCUT2D eigenvalue weighted by molar-refractivity contribution is 6.02. The average molecular weight is 347 g/mol. The molecule has 2 heterocycles. The Hall–Kier alpha value is -3.74. The number of aromatic nitrogens is 3. The molecule has 3 aromatic rings. The molecule has 0 saturated carbocycles. The third-order valence-corrected chi connectivity index (χ3v) is 3.60. The summed E-state index contributed by atoms with van der Waals surface area (Å²) in [5, 5.41) is 5.31. The Balaban J connectivity index is 1.63. The van der Waals surface area contributed by atoms with Gasteiger partial charge >= 0.3 is 0 Å². The molecule has 0 aliphatic rings. The lowest BCUT2D eigenvalue weighted by Gasteiger charge is -2.03. The number of H-pyrrole nitrogens is 1. The molecule has 7 nitrogen and oxygen atoms in total. The molecule has 3 N–H and O–H groups in total. The first-order chi connectivity index (χ1) is 12.7. The van der Waals surface area contributed by atoms with Gasteiger partial charge in [0.05, 0.1) is 5.56 Å². The quantitative estimate of drug-likeness (QED) is 0.617. The summed E-state index contributed by atoms with van der Waals surface area (Å²) in [4.78, 5) is 34.9. The molecule has 2 amide bonds. The fourth-order valence-electron chi connectivity index (χ4n) is 2.31. The smallest absolute Gasteiger partial charge is 0.252 e. The molecule has 0 unspecified atom stereocenters. The Kier molecular flexibility index (Phi) is 5.19. The molecule has 1 aromatic carbocycles. The fourth-order valence-corrected chi connectivity index (χ4v) is 2.31. The van der Waals surface area contributed by atoms with Crippen LogP contribution >= 0.6 is 0 Å². The number of hydrogen-bond acceptors (Lipinski definition) is 4. The number of anilines is 1. The van der Waals surface area contributed by atoms with Crippen LogP contribution in [0.1, 0.15) is 15.9 Å². The maximum absolute atomic E-state index is 12.1. The largest absolute Gasteiger partial charge is 0.355 e. The Labute approximate surface area is 150 Å². The molecule has 130 valence electrons. The van der Waals surface area contributed by atoms with Crippen molar-refractivity contribution in [1.29, 1.82) is 0 Å². The predicted molar refractivity (Wildman–Crippen MR) is 99.3 cm³/mol. The van der Waals surface area contributed by atoms with Crippen LogP contribution in [0.3, 0.4) is 0 Å². The molecule has 0 radical (unpaired) electrons. The van der Waals surface area contributed by atoms with Crippen LogP contribution in [-0.2, 0) is 4.79 Å². The van der Waals surface area contributed by atoms with Gasteiger partial charge < -0.3 is 15.6 Å². The number of nitrogens with zero attached hydrogens (tertiary/aromatic N) is 2. The number of amides is 2. The van der Waals surface area contributed by atoms with Crippen molar-refractivity contribution in [2.24, 2.45) is 0 Å². The molecule has 2 aromatic heterocycles. The molecule has 0 aliphatic carbocycles. The van der Waals surface area contributed by atoms with Crippen molar-refractivity contribution in [2.45, 2.75) is 0 Å². The van der Waals surface area contributed by atoms with Crippen molar-refractivity contribution in [3.63, 3.8) is 0 Å². The van der Waals surface area contributed by atoms with Crippen LogP contribution < -0.4 is 10.6 Å². The summed E-state index contributed by atoms with van der Waals surface area (Å²) in [5.74, 6) is 0.265. The van der Waals surface area contributed by atoms with Crippen molar-refractivity contribution in [3.05, 3.63) is 72.3 Å². The number of carbonyl (C=O) groups is 2. The molecule has 7 heteroatoms. The lowest BCUT2D eigenvalue weighted by Crippen LogP contribution is -2.17. The molecule has 0 saturated heterocycles. The van der Waals surface area contributed by atoms with Crippen molar-refractivity contribution >= 4 is 23.6 Å². The molecule has 0 atom stereocenters. The van der Waals surface area contributed by atoms with E-state index in [-0.39, 0.29) is 11.8 Å². The standard InChI is InChI=1S/C19H17N5O2/c1-20-19(26)15-10-13(11-21-12-15)2-7-17(25)24-16-5-3-14(4-6-16)18-22-8-9-23-18/h2-12H,1H3,(H,20,26)(H,22,23)(H,24,25). The Morgan fingerprint density at radius 1 is 1.15 bits per heavy atom. The summed E-state index contributed by atoms with van der Waals surface area (Å²) in [6, 6.07) is 9.01. The van der Waals surface area contributed by atoms with Crippen molar-refractivity contribution < 1.29 is 9.59 Å². The topological polar surface area (TPSA) is 99.8 Å². The Morgan fingerprint density at radius 3 is 2.65 bits per heavy atom. The minimum Gasteiger partial charge on any atom is -0.355 e. The van der Waals surface area contributed by atoms with Gasteiger partial charge in [0, 0.05) is 49.2 Å². The number of hydrogen-bond donors (Lipinski definition) is 3. The van der Waals surface area contributed by atoms with Gasteiger partial charge in [-0.2, -0.15) is 0 Å². The summed E-state index contributed by atoms with van der Waals surface area (Å²) in [5.41, 5.74) is 2.70. The summed E-state index contributed by atoms with van der Waals surface area (Å²) in [6.07, 6.45) is 9.48. The van der Waals surface area contributed by atoms with Crippen LogP contribution in [-0.4, -0.2) is 33.8 Å². The third-order valence-electron chi connectivity index (χ3n) is 3.60. The van der Waals surface area contributed by atoms with Gasteiger partial charge in [0.1, 0.15) is 5.82 Å². The maximum atomic E-state index is 12.1. The van der Waals surface area contributed by atoms with Gasteiger partial charge in [-0.05, 0) is 42.0 Å². The van der Waals surface area contributed by atoms with Crippen LogP contribution in [0.15, 0.2) is 61.2 Å². The average Bonchev–Trinajstić information content (AvgIpc) is 3.21. The number of benzene rings is 1. The zero-order valence-corrected chi connectivity index (χ0v) is 14.1. The van der Waals surface area contributed by atoms with E-state index in [1.165, 1.54) is 12.3 Å². The second kappa shape index (κ2) is 7.89. The number of aromatic amines is 1. The van der Waals surface area contributed by atoms with Gasteiger partial charge in [-0.1, -0.05) is 0 Å². The minimum atomic E-state index is -0.277. The van der Waals surface area contributed by atoms with Crippen LogP contribution in [0.25, 0.3) is 17.5 Å². The van der Waals surface area contributed by atoms with E-state index in [1.54, 1.807) is 49.9 Å². The lowest BCUT2D eigenvalue weighted by atomic mass is 10.2. The van der Waals surface area contributed by atoms with Crippen molar-refractivity contribution in [1.82, 2.24) is 20.3 Å². The summed E-state index contributed by atoms with van der Waals surface area (Å²) in [7, 11) is 1.55. The van der Waals surface area contributed by atoms with E-state index in [0.29, 0.717) is 16.8 Å². The van der Waals surface area contributed by atoms with Crippen LogP contribution in [0.2, 0.25) is 0 Å². The van der Waals surface area contributed by atoms with Gasteiger partial charge in [0.2, 0.25) is 5.91 Å². The summed E-state index contributed by atoms with van der Waals surface area (Å²) < 4.78 is 0. The lowest BCUT2D eigenvalue weighted by molar-refractivity contribution is -0.111. The van der Waals surface area contributed by atoms with E-state index in [0.717, 1.165) is 11.4 Å². The highest BCUT2D eigenvalue weighted by atomic mass is 16.2. The predicted octanol–water partition coefficient (Wildman–Crippen LogP) is 2.48. The first kappa shape index (κ1) is 17.1. The van der Waals surface area contributed by atoms with E-state index in [1.807, 2.05) is 12.1 Å². The van der Waals surface area contributed by atoms with Gasteiger partial charge in [0.15, 0.2) is 0 Å². The van der Waals surface area contributed by atoms with Gasteiger partial charge in [-0.25, -0.2) is 4.98 Å². The fraction of sp³-hybridized carbons (Fsp3) is 0.0526. The zero-order chi connectivity index (χ0) is 18.4. The van der Waals surface area contributed by atoms with E-state index in [2.05, 4.69) is 25.6 Å². The van der Waals surface area contributed by atoms with Crippen LogP contribution in [0, 0.1) is 0 Å². The number of rotatable bonds is 5. The normalized spacial score (nSPS) is 10.7. The highest BCUT2D eigenvalue weighted by Gasteiger charge is 2.04. The first-order valence-corrected chi connectivity index (χ1v) is 7.92. The molecule has 26 heavy (non-hydrogen) atoms. The molecule has 0 bridgehead atoms. The molecular weight excluding hydrogens is 330 g/mol. The number of carbonyl (C=O) groups excluding carboxylic acids is 2. The van der Waals surface area contributed by atoms with E-state index in [4.69, 9.17) is 0 Å². The number of imidazole rings is 1. The van der Waals surface area contributed by atoms with Gasteiger partial charge in [0.25, 0.3) is 5.91 Å². The first-order valence-electron chi connectivity index (χ1n) is 7.92. The van der Waals surface area contributed by atoms with E-state index >= 15 is 0 Å². The SMILES string of the molecule is CNC(=O)c1cncc(C=CC(=O)Nc2ccc(-c3ncc[nH]3)cc2)c1. The molecule has 0 spiro atoms. The van der Waals surface area contributed by atoms with E-state index < -0.39 is 0 Å². The molecular formula is C19H17N5O2. The van der Waals surface area contributed by atoms with Gasteiger partial charge in [-0.3, -0.25) is 14.6 Å². The Bertz CT molecular complexity index is 931. The second-order valence-electron chi connectivity index (χ2n) is 5.42. The minimum absolute atomic E-state index is 0.228. The van der Waals surface area contributed by atoms with Crippen LogP contribution in [0.4, 0.5) is 5.69 Å². The summed E-state index contributed by atoms with van der Waals surface area (Å²) >= 11 is 0. The maximum Gasteiger partial charge on any atom is 0.252 e. The van der Waals surface area contributed by atoms with Crippen molar-refractivity contribution in [2.75, 3.05) is 12.4 Å². The van der Waals surface area contributed by atoms with Gasteiger partial charge in [-0.15, -0.1) is 0 Å². The molecule has 0 aliphatic heterocycles. The molecule has 3 rings (SSSR count). The second-order valence-corrected chi connectivity index (χ2v) is 5.42. The third kappa shape index (κ3) is 4.21. The monoisotopic (exact) mass is 347 g/mol. The van der Waals surface area contributed by atoms with Crippen LogP contribution in [0.5, 0.6) is 0 Å². The molecule has 0 fully saturated rings. The summed E-state index contributed by atoms with van der Waals surface area (Å²) in [6.45, 7) is 0. The number of pyridine rings is 1. The zero-order valence-electron chi connectivity index (χ0n) is 14.1. The van der Waals surface area contributed by atoms with E-state index in [9.17, 15) is 9.59 Å².